The van der Waals surface area contributed by atoms with Gasteiger partial charge in [0.1, 0.15) is 5.82 Å². The third-order valence-electron chi connectivity index (χ3n) is 2.78. The number of hydrogen-bond donors (Lipinski definition) is 1. The van der Waals surface area contributed by atoms with Crippen LogP contribution in [0.2, 0.25) is 5.02 Å². The second-order valence-electron chi connectivity index (χ2n) is 4.06. The van der Waals surface area contributed by atoms with Gasteiger partial charge in [-0.25, -0.2) is 4.39 Å². The quantitative estimate of drug-likeness (QED) is 0.880. The Morgan fingerprint density at radius 3 is 3.06 bits per heavy atom. The molecular weight excluding hydrogens is 229 g/mol. The zero-order valence-corrected chi connectivity index (χ0v) is 9.77. The van der Waals surface area contributed by atoms with Gasteiger partial charge in [-0.2, -0.15) is 0 Å². The van der Waals surface area contributed by atoms with Crippen LogP contribution in [0.5, 0.6) is 0 Å². The van der Waals surface area contributed by atoms with Crippen LogP contribution in [0.3, 0.4) is 0 Å². The molecule has 0 saturated carbocycles. The second-order valence-corrected chi connectivity index (χ2v) is 4.47. The lowest BCUT2D eigenvalue weighted by atomic mass is 10.0. The molecule has 1 unspecified atom stereocenters. The van der Waals surface area contributed by atoms with Gasteiger partial charge in [-0.1, -0.05) is 17.7 Å². The molecule has 0 bridgehead atoms. The summed E-state index contributed by atoms with van der Waals surface area (Å²) in [5.74, 6) is 0.147. The van der Waals surface area contributed by atoms with Crippen molar-refractivity contribution in [1.82, 2.24) is 0 Å². The average Bonchev–Trinajstić information content (AvgIpc) is 2.30. The molecule has 0 amide bonds. The van der Waals surface area contributed by atoms with Crippen molar-refractivity contribution in [2.75, 3.05) is 25.1 Å². The summed E-state index contributed by atoms with van der Waals surface area (Å²) in [6.45, 7) is 2.30. The van der Waals surface area contributed by atoms with Crippen LogP contribution < -0.4 is 5.32 Å². The molecule has 0 aliphatic carbocycles. The van der Waals surface area contributed by atoms with Crippen molar-refractivity contribution in [2.45, 2.75) is 12.8 Å². The van der Waals surface area contributed by atoms with Crippen LogP contribution in [0.15, 0.2) is 18.2 Å². The summed E-state index contributed by atoms with van der Waals surface area (Å²) in [5, 5.41) is 3.49. The molecule has 4 heteroatoms. The van der Waals surface area contributed by atoms with Crippen LogP contribution in [0.1, 0.15) is 12.8 Å². The number of halogens is 2. The average molecular weight is 244 g/mol. The van der Waals surface area contributed by atoms with E-state index in [0.29, 0.717) is 23.2 Å². The van der Waals surface area contributed by atoms with E-state index < -0.39 is 0 Å². The first-order valence-electron chi connectivity index (χ1n) is 5.53. The monoisotopic (exact) mass is 243 g/mol. The van der Waals surface area contributed by atoms with E-state index in [2.05, 4.69) is 5.32 Å². The van der Waals surface area contributed by atoms with Crippen molar-refractivity contribution >= 4 is 17.3 Å². The van der Waals surface area contributed by atoms with Crippen LogP contribution in [0.25, 0.3) is 0 Å². The molecule has 16 heavy (non-hydrogen) atoms. The molecule has 0 radical (unpaired) electrons. The summed E-state index contributed by atoms with van der Waals surface area (Å²) in [6.07, 6.45) is 2.20. The van der Waals surface area contributed by atoms with Crippen molar-refractivity contribution in [3.63, 3.8) is 0 Å². The van der Waals surface area contributed by atoms with Crippen LogP contribution in [0, 0.1) is 11.7 Å². The van der Waals surface area contributed by atoms with Crippen molar-refractivity contribution in [1.29, 1.82) is 0 Å². The molecule has 2 rings (SSSR count). The Morgan fingerprint density at radius 1 is 1.50 bits per heavy atom. The van der Waals surface area contributed by atoms with Gasteiger partial charge in [-0.3, -0.25) is 0 Å². The molecular formula is C12H15ClFNO. The number of benzene rings is 1. The Hall–Kier alpha value is -0.800. The standard InChI is InChI=1S/C12H15ClFNO/c13-10-4-1-5-11(14)12(10)15-7-9-3-2-6-16-8-9/h1,4-5,9,15H,2-3,6-8H2. The van der Waals surface area contributed by atoms with Gasteiger partial charge in [0.05, 0.1) is 17.3 Å². The van der Waals surface area contributed by atoms with Gasteiger partial charge in [0.15, 0.2) is 0 Å². The van der Waals surface area contributed by atoms with Crippen molar-refractivity contribution < 1.29 is 9.13 Å². The van der Waals surface area contributed by atoms with E-state index in [4.69, 9.17) is 16.3 Å². The van der Waals surface area contributed by atoms with Gasteiger partial charge >= 0.3 is 0 Å². The molecule has 1 aliphatic rings. The predicted octanol–water partition coefficient (Wildman–Crippen LogP) is 3.32. The molecule has 88 valence electrons. The third kappa shape index (κ3) is 2.86. The van der Waals surface area contributed by atoms with Gasteiger partial charge in [0.25, 0.3) is 0 Å². The van der Waals surface area contributed by atoms with Crippen LogP contribution in [-0.4, -0.2) is 19.8 Å². The molecule has 2 nitrogen and oxygen atoms in total. The molecule has 0 spiro atoms. The third-order valence-corrected chi connectivity index (χ3v) is 3.10. The van der Waals surface area contributed by atoms with Gasteiger partial charge in [-0.05, 0) is 30.9 Å². The predicted molar refractivity (Wildman–Crippen MR) is 63.4 cm³/mol. The van der Waals surface area contributed by atoms with E-state index in [0.717, 1.165) is 26.1 Å². The zero-order valence-electron chi connectivity index (χ0n) is 9.01. The molecule has 0 aromatic heterocycles. The van der Waals surface area contributed by atoms with Gasteiger partial charge in [0, 0.05) is 13.2 Å². The highest BCUT2D eigenvalue weighted by molar-refractivity contribution is 6.33. The summed E-state index contributed by atoms with van der Waals surface area (Å²) < 4.78 is 18.8. The number of anilines is 1. The van der Waals surface area contributed by atoms with Crippen LogP contribution in [-0.2, 0) is 4.74 Å². The topological polar surface area (TPSA) is 21.3 Å². The molecule has 1 aromatic rings. The van der Waals surface area contributed by atoms with E-state index >= 15 is 0 Å². The first kappa shape index (κ1) is 11.7. The fourth-order valence-electron chi connectivity index (χ4n) is 1.88. The Balaban J connectivity index is 1.93. The number of ether oxygens (including phenoxy) is 1. The highest BCUT2D eigenvalue weighted by Gasteiger charge is 2.15. The summed E-state index contributed by atoms with van der Waals surface area (Å²) >= 11 is 5.91. The normalized spacial score (nSPS) is 20.8. The largest absolute Gasteiger partial charge is 0.381 e. The molecule has 1 aromatic carbocycles. The maximum Gasteiger partial charge on any atom is 0.147 e. The minimum Gasteiger partial charge on any atom is -0.381 e. The Bertz CT molecular complexity index is 333. The highest BCUT2D eigenvalue weighted by Crippen LogP contribution is 2.25. The fourth-order valence-corrected chi connectivity index (χ4v) is 2.11. The first-order chi connectivity index (χ1) is 7.77. The van der Waals surface area contributed by atoms with Crippen molar-refractivity contribution in [2.24, 2.45) is 5.92 Å². The summed E-state index contributed by atoms with van der Waals surface area (Å²) in [5.41, 5.74) is 0.398. The van der Waals surface area contributed by atoms with Gasteiger partial charge in [0.2, 0.25) is 0 Å². The zero-order chi connectivity index (χ0) is 11.4. The van der Waals surface area contributed by atoms with E-state index in [1.54, 1.807) is 12.1 Å². The van der Waals surface area contributed by atoms with Gasteiger partial charge in [-0.15, -0.1) is 0 Å². The van der Waals surface area contributed by atoms with E-state index in [-0.39, 0.29) is 5.82 Å². The highest BCUT2D eigenvalue weighted by atomic mass is 35.5. The molecule has 1 heterocycles. The lowest BCUT2D eigenvalue weighted by molar-refractivity contribution is 0.0595. The molecule has 1 saturated heterocycles. The first-order valence-corrected chi connectivity index (χ1v) is 5.91. The second kappa shape index (κ2) is 5.51. The Kier molecular flexibility index (Phi) is 4.02. The summed E-state index contributed by atoms with van der Waals surface area (Å²) in [6, 6.07) is 4.70. The molecule has 1 N–H and O–H groups in total. The lowest BCUT2D eigenvalue weighted by Gasteiger charge is -2.23. The van der Waals surface area contributed by atoms with Crippen LogP contribution in [0.4, 0.5) is 10.1 Å². The Morgan fingerprint density at radius 2 is 2.38 bits per heavy atom. The van der Waals surface area contributed by atoms with Crippen molar-refractivity contribution in [3.8, 4) is 0 Å². The maximum absolute atomic E-state index is 13.4. The summed E-state index contributed by atoms with van der Waals surface area (Å²) in [7, 11) is 0. The minimum atomic E-state index is -0.302. The number of hydrogen-bond acceptors (Lipinski definition) is 2. The fraction of sp³-hybridized carbons (Fsp3) is 0.500. The van der Waals surface area contributed by atoms with Crippen molar-refractivity contribution in [3.05, 3.63) is 29.0 Å². The number of nitrogens with one attached hydrogen (secondary N) is 1. The molecule has 1 fully saturated rings. The summed E-state index contributed by atoms with van der Waals surface area (Å²) in [4.78, 5) is 0. The maximum atomic E-state index is 13.4. The van der Waals surface area contributed by atoms with Gasteiger partial charge < -0.3 is 10.1 Å². The SMILES string of the molecule is Fc1cccc(Cl)c1NCC1CCCOC1. The van der Waals surface area contributed by atoms with Crippen LogP contribution >= 0.6 is 11.6 Å². The smallest absolute Gasteiger partial charge is 0.147 e. The number of rotatable bonds is 3. The lowest BCUT2D eigenvalue weighted by Crippen LogP contribution is -2.24. The minimum absolute atomic E-state index is 0.302. The molecule has 1 aliphatic heterocycles. The van der Waals surface area contributed by atoms with E-state index in [1.165, 1.54) is 6.07 Å². The molecule has 1 atom stereocenters. The number of para-hydroxylation sites is 1. The van der Waals surface area contributed by atoms with E-state index in [9.17, 15) is 4.39 Å². The Labute approximate surface area is 99.7 Å². The van der Waals surface area contributed by atoms with E-state index in [1.807, 2.05) is 0 Å².